The molecule has 134 valence electrons. The molecule has 2 N–H and O–H groups in total. The summed E-state index contributed by atoms with van der Waals surface area (Å²) in [6.07, 6.45) is 6.89. The number of benzene rings is 1. The van der Waals surface area contributed by atoms with E-state index in [9.17, 15) is 4.79 Å². The van der Waals surface area contributed by atoms with E-state index in [1.165, 1.54) is 43.9 Å². The Morgan fingerprint density at radius 3 is 2.60 bits per heavy atom. The molecule has 1 saturated carbocycles. The maximum atomic E-state index is 12.0. The van der Waals surface area contributed by atoms with Crippen molar-refractivity contribution < 1.29 is 4.79 Å². The molecule has 1 fully saturated rings. The molecule has 1 aliphatic rings. The Bertz CT molecular complexity index is 681. The second-order valence-electron chi connectivity index (χ2n) is 6.29. The topological polar surface area (TPSA) is 84.7 Å². The fraction of sp³-hybridized carbons (Fsp3) is 0.529. The number of hydrogen-bond donors (Lipinski definition) is 2. The third-order valence-corrected chi connectivity index (χ3v) is 5.30. The minimum absolute atomic E-state index is 0.00406. The van der Waals surface area contributed by atoms with Gasteiger partial charge in [-0.2, -0.15) is 0 Å². The van der Waals surface area contributed by atoms with Gasteiger partial charge in [0.1, 0.15) is 0 Å². The van der Waals surface area contributed by atoms with Gasteiger partial charge in [0.05, 0.1) is 0 Å². The van der Waals surface area contributed by atoms with Crippen molar-refractivity contribution >= 4 is 29.0 Å². The van der Waals surface area contributed by atoms with Gasteiger partial charge in [0, 0.05) is 36.6 Å². The summed E-state index contributed by atoms with van der Waals surface area (Å²) in [4.78, 5) is 12.0. The Labute approximate surface area is 151 Å². The smallest absolute Gasteiger partial charge is 0.225 e. The number of anilines is 2. The van der Waals surface area contributed by atoms with Crippen molar-refractivity contribution in [3.8, 4) is 0 Å². The molecule has 1 aromatic carbocycles. The molecule has 1 heterocycles. The number of nitrogens with zero attached hydrogens (tertiary/aromatic N) is 4. The zero-order chi connectivity index (χ0) is 17.5. The highest BCUT2D eigenvalue weighted by molar-refractivity contribution is 7.99. The Balaban J connectivity index is 1.41. The lowest BCUT2D eigenvalue weighted by Crippen LogP contribution is -2.22. The first-order chi connectivity index (χ1) is 12.2. The standard InChI is InChI=1S/C17H24N6OS/c1-23-17(20-21-22-23)25-12-11-16(24)19-15-9-7-14(8-10-15)18-13-5-3-2-4-6-13/h7-10,13,18H,2-6,11-12H2,1H3,(H,19,24). The second-order valence-corrected chi connectivity index (χ2v) is 7.35. The van der Waals surface area contributed by atoms with Crippen LogP contribution >= 0.6 is 11.8 Å². The second kappa shape index (κ2) is 8.84. The molecule has 0 bridgehead atoms. The number of rotatable bonds is 7. The molecule has 1 aliphatic carbocycles. The number of aryl methyl sites for hydroxylation is 1. The van der Waals surface area contributed by atoms with Gasteiger partial charge in [-0.1, -0.05) is 31.0 Å². The average Bonchev–Trinajstić information content (AvgIpc) is 3.03. The van der Waals surface area contributed by atoms with Gasteiger partial charge >= 0.3 is 0 Å². The maximum Gasteiger partial charge on any atom is 0.225 e. The number of carbonyl (C=O) groups excluding carboxylic acids is 1. The summed E-state index contributed by atoms with van der Waals surface area (Å²) in [5.41, 5.74) is 1.94. The molecule has 3 rings (SSSR count). The van der Waals surface area contributed by atoms with Crippen molar-refractivity contribution in [2.45, 2.75) is 49.7 Å². The van der Waals surface area contributed by atoms with Gasteiger partial charge in [-0.15, -0.1) is 5.10 Å². The van der Waals surface area contributed by atoms with Crippen LogP contribution in [0.3, 0.4) is 0 Å². The van der Waals surface area contributed by atoms with Gasteiger partial charge in [0.25, 0.3) is 0 Å². The van der Waals surface area contributed by atoms with Gasteiger partial charge in [-0.3, -0.25) is 4.79 Å². The molecule has 1 amide bonds. The van der Waals surface area contributed by atoms with E-state index in [-0.39, 0.29) is 5.91 Å². The fourth-order valence-corrected chi connectivity index (χ4v) is 3.72. The molecule has 0 aliphatic heterocycles. The van der Waals surface area contributed by atoms with E-state index in [2.05, 4.69) is 26.2 Å². The van der Waals surface area contributed by atoms with Crippen LogP contribution in [-0.4, -0.2) is 37.9 Å². The van der Waals surface area contributed by atoms with Crippen LogP contribution in [0.2, 0.25) is 0 Å². The highest BCUT2D eigenvalue weighted by Gasteiger charge is 2.12. The van der Waals surface area contributed by atoms with Crippen LogP contribution < -0.4 is 10.6 Å². The van der Waals surface area contributed by atoms with Crippen LogP contribution in [0.4, 0.5) is 11.4 Å². The van der Waals surface area contributed by atoms with E-state index >= 15 is 0 Å². The first kappa shape index (κ1) is 17.7. The predicted octanol–water partition coefficient (Wildman–Crippen LogP) is 3.08. The van der Waals surface area contributed by atoms with Gasteiger partial charge < -0.3 is 10.6 Å². The first-order valence-electron chi connectivity index (χ1n) is 8.72. The van der Waals surface area contributed by atoms with Crippen LogP contribution in [0.25, 0.3) is 0 Å². The van der Waals surface area contributed by atoms with Gasteiger partial charge in [0.15, 0.2) is 0 Å². The highest BCUT2D eigenvalue weighted by atomic mass is 32.2. The number of tetrazole rings is 1. The molecule has 8 heteroatoms. The molecule has 0 spiro atoms. The van der Waals surface area contributed by atoms with Crippen LogP contribution in [-0.2, 0) is 11.8 Å². The van der Waals surface area contributed by atoms with Gasteiger partial charge in [-0.05, 0) is 47.5 Å². The summed E-state index contributed by atoms with van der Waals surface area (Å²) in [5, 5.41) is 18.4. The molecular formula is C17H24N6OS. The molecule has 7 nitrogen and oxygen atoms in total. The third kappa shape index (κ3) is 5.45. The molecule has 2 aromatic rings. The number of nitrogens with one attached hydrogen (secondary N) is 2. The number of hydrogen-bond acceptors (Lipinski definition) is 6. The largest absolute Gasteiger partial charge is 0.382 e. The van der Waals surface area contributed by atoms with Crippen molar-refractivity contribution in [2.24, 2.45) is 7.05 Å². The molecule has 0 unspecified atom stereocenters. The number of amides is 1. The van der Waals surface area contributed by atoms with E-state index in [4.69, 9.17) is 0 Å². The lowest BCUT2D eigenvalue weighted by molar-refractivity contribution is -0.115. The van der Waals surface area contributed by atoms with Gasteiger partial charge in [0.2, 0.25) is 11.1 Å². The summed E-state index contributed by atoms with van der Waals surface area (Å²) in [7, 11) is 1.78. The predicted molar refractivity (Wildman–Crippen MR) is 99.7 cm³/mol. The molecule has 0 radical (unpaired) electrons. The normalized spacial score (nSPS) is 15.1. The lowest BCUT2D eigenvalue weighted by Gasteiger charge is -2.23. The summed E-state index contributed by atoms with van der Waals surface area (Å²) in [5.74, 6) is 0.636. The fourth-order valence-electron chi connectivity index (χ4n) is 2.93. The van der Waals surface area contributed by atoms with Gasteiger partial charge in [-0.25, -0.2) is 4.68 Å². The molecule has 1 aromatic heterocycles. The number of thioether (sulfide) groups is 1. The number of carbonyl (C=O) groups is 1. The van der Waals surface area contributed by atoms with E-state index in [0.717, 1.165) is 11.4 Å². The van der Waals surface area contributed by atoms with E-state index < -0.39 is 0 Å². The Morgan fingerprint density at radius 1 is 1.20 bits per heavy atom. The minimum atomic E-state index is -0.00406. The quantitative estimate of drug-likeness (QED) is 0.738. The van der Waals surface area contributed by atoms with Crippen LogP contribution in [0, 0.1) is 0 Å². The van der Waals surface area contributed by atoms with Crippen molar-refractivity contribution in [1.82, 2.24) is 20.2 Å². The van der Waals surface area contributed by atoms with Crippen LogP contribution in [0.15, 0.2) is 29.4 Å². The molecule has 0 saturated heterocycles. The summed E-state index contributed by atoms with van der Waals surface area (Å²) >= 11 is 1.47. The van der Waals surface area contributed by atoms with Crippen LogP contribution in [0.5, 0.6) is 0 Å². The SMILES string of the molecule is Cn1nnnc1SCCC(=O)Nc1ccc(NC2CCCCC2)cc1. The molecular weight excluding hydrogens is 336 g/mol. The van der Waals surface area contributed by atoms with E-state index in [1.54, 1.807) is 11.7 Å². The molecule has 25 heavy (non-hydrogen) atoms. The van der Waals surface area contributed by atoms with Crippen molar-refractivity contribution in [1.29, 1.82) is 0 Å². The Kier molecular flexibility index (Phi) is 6.27. The Morgan fingerprint density at radius 2 is 1.92 bits per heavy atom. The Hall–Kier alpha value is -2.09. The lowest BCUT2D eigenvalue weighted by atomic mass is 9.95. The van der Waals surface area contributed by atoms with E-state index in [1.807, 2.05) is 24.3 Å². The third-order valence-electron chi connectivity index (χ3n) is 4.29. The van der Waals surface area contributed by atoms with Crippen LogP contribution in [0.1, 0.15) is 38.5 Å². The summed E-state index contributed by atoms with van der Waals surface area (Å²) in [6, 6.07) is 8.54. The van der Waals surface area contributed by atoms with Crippen molar-refractivity contribution in [2.75, 3.05) is 16.4 Å². The maximum absolute atomic E-state index is 12.0. The zero-order valence-electron chi connectivity index (χ0n) is 14.4. The van der Waals surface area contributed by atoms with Crippen molar-refractivity contribution in [3.05, 3.63) is 24.3 Å². The summed E-state index contributed by atoms with van der Waals surface area (Å²) in [6.45, 7) is 0. The average molecular weight is 360 g/mol. The van der Waals surface area contributed by atoms with Crippen molar-refractivity contribution in [3.63, 3.8) is 0 Å². The zero-order valence-corrected chi connectivity index (χ0v) is 15.3. The summed E-state index contributed by atoms with van der Waals surface area (Å²) < 4.78 is 1.60. The monoisotopic (exact) mass is 360 g/mol. The minimum Gasteiger partial charge on any atom is -0.382 e. The molecule has 0 atom stereocenters. The van der Waals surface area contributed by atoms with E-state index in [0.29, 0.717) is 23.4 Å². The number of aromatic nitrogens is 4. The first-order valence-corrected chi connectivity index (χ1v) is 9.71. The highest BCUT2D eigenvalue weighted by Crippen LogP contribution is 2.22.